The van der Waals surface area contributed by atoms with E-state index in [0.29, 0.717) is 13.2 Å². The van der Waals surface area contributed by atoms with Gasteiger partial charge >= 0.3 is 0 Å². The van der Waals surface area contributed by atoms with Gasteiger partial charge in [-0.05, 0) is 99.2 Å². The van der Waals surface area contributed by atoms with Crippen molar-refractivity contribution in [2.24, 2.45) is 0 Å². The minimum absolute atomic E-state index is 0.529. The van der Waals surface area contributed by atoms with Crippen LogP contribution in [0.2, 0.25) is 0 Å². The highest BCUT2D eigenvalue weighted by atomic mass is 31.1. The first-order chi connectivity index (χ1) is 30.7. The van der Waals surface area contributed by atoms with Gasteiger partial charge in [-0.2, -0.15) is 0 Å². The van der Waals surface area contributed by atoms with Gasteiger partial charge in [0.1, 0.15) is 11.5 Å². The van der Waals surface area contributed by atoms with E-state index in [9.17, 15) is 0 Å². The smallest absolute Gasteiger partial charge is 0.129 e. The average Bonchev–Trinajstić information content (AvgIpc) is 3.38. The predicted molar refractivity (Wildman–Crippen MR) is 272 cm³/mol. The lowest BCUT2D eigenvalue weighted by molar-refractivity contribution is 0.252. The third kappa shape index (κ3) is 8.76. The zero-order valence-electron chi connectivity index (χ0n) is 37.0. The summed E-state index contributed by atoms with van der Waals surface area (Å²) in [6.07, 6.45) is 0.752. The first-order valence-corrected chi connectivity index (χ1v) is 24.5. The van der Waals surface area contributed by atoms with Crippen LogP contribution >= 0.6 is 16.1 Å². The topological polar surface area (TPSA) is 42.5 Å². The Labute approximate surface area is 376 Å². The first-order valence-electron chi connectivity index (χ1n) is 21.9. The van der Waals surface area contributed by atoms with E-state index in [0.717, 1.165) is 51.5 Å². The monoisotopic (exact) mass is 860 g/mol. The van der Waals surface area contributed by atoms with Crippen LogP contribution < -0.4 is 40.9 Å². The van der Waals surface area contributed by atoms with E-state index in [2.05, 4.69) is 222 Å². The van der Waals surface area contributed by atoms with Crippen LogP contribution in [-0.4, -0.2) is 13.2 Å². The second-order valence-electron chi connectivity index (χ2n) is 16.6. The number of nitrogens with one attached hydrogen (secondary N) is 2. The van der Waals surface area contributed by atoms with Crippen LogP contribution in [0.5, 0.6) is 11.5 Å². The molecule has 0 saturated heterocycles. The minimum Gasteiger partial charge on any atom is -0.493 e. The lowest BCUT2D eigenvalue weighted by Gasteiger charge is -2.31. The van der Waals surface area contributed by atoms with Crippen molar-refractivity contribution in [2.75, 3.05) is 23.4 Å². The van der Waals surface area contributed by atoms with Gasteiger partial charge in [0.05, 0.1) is 51.9 Å². The van der Waals surface area contributed by atoms with E-state index in [1.54, 1.807) is 0 Å². The van der Waals surface area contributed by atoms with Crippen LogP contribution in [0.4, 0.5) is 11.4 Å². The first kappa shape index (κ1) is 42.1. The summed E-state index contributed by atoms with van der Waals surface area (Å²) < 4.78 is 13.9. The van der Waals surface area contributed by atoms with Crippen LogP contribution in [0.25, 0.3) is 33.4 Å². The standard InChI is InChI=1S/C57H54N2O2P2/c1-38-34-40(3)52(41(4)35-38)48-28-30-50-54(56(48)58-62(44-20-11-7-12-21-44)45-22-13-8-14-23-45)55-51(61-33-19-32-60-50)31-29-49(53-42(5)36-39(2)37-43(53)6)57(55)59-63(46-24-15-9-16-25-46)47-26-17-10-18-27-47/h7-18,20-31,34-37,58-59H,19,32-33H2,1-6H3. The molecule has 63 heavy (non-hydrogen) atoms. The van der Waals surface area contributed by atoms with Crippen molar-refractivity contribution in [3.8, 4) is 44.9 Å². The number of aryl methyl sites for hydroxylation is 6. The molecule has 0 aliphatic carbocycles. The molecule has 2 N–H and O–H groups in total. The Bertz CT molecular complexity index is 2560. The highest BCUT2D eigenvalue weighted by molar-refractivity contribution is 7.74. The van der Waals surface area contributed by atoms with Gasteiger partial charge in [0.2, 0.25) is 0 Å². The molecule has 0 spiro atoms. The summed E-state index contributed by atoms with van der Waals surface area (Å²) in [5.41, 5.74) is 16.1. The van der Waals surface area contributed by atoms with Crippen molar-refractivity contribution < 1.29 is 9.47 Å². The second kappa shape index (κ2) is 18.7. The Morgan fingerprint density at radius 1 is 0.365 bits per heavy atom. The summed E-state index contributed by atoms with van der Waals surface area (Å²) in [6.45, 7) is 14.4. The molecule has 0 aromatic heterocycles. The molecule has 4 nitrogen and oxygen atoms in total. The number of benzene rings is 8. The van der Waals surface area contributed by atoms with Gasteiger partial charge in [-0.3, -0.25) is 0 Å². The highest BCUT2D eigenvalue weighted by Gasteiger charge is 2.31. The Kier molecular flexibility index (Phi) is 12.5. The van der Waals surface area contributed by atoms with Crippen molar-refractivity contribution in [3.05, 3.63) is 203 Å². The Morgan fingerprint density at radius 3 is 0.968 bits per heavy atom. The third-order valence-electron chi connectivity index (χ3n) is 11.8. The van der Waals surface area contributed by atoms with Crippen molar-refractivity contribution in [2.45, 2.75) is 48.0 Å². The quantitative estimate of drug-likeness (QED) is 0.134. The maximum absolute atomic E-state index is 6.97. The molecule has 0 unspecified atom stereocenters. The number of ether oxygens (including phenoxy) is 2. The van der Waals surface area contributed by atoms with Crippen LogP contribution in [0.3, 0.4) is 0 Å². The summed E-state index contributed by atoms with van der Waals surface area (Å²) in [4.78, 5) is 0. The van der Waals surface area contributed by atoms with Gasteiger partial charge in [-0.1, -0.05) is 157 Å². The van der Waals surface area contributed by atoms with Gasteiger partial charge in [-0.25, -0.2) is 0 Å². The highest BCUT2D eigenvalue weighted by Crippen LogP contribution is 2.57. The SMILES string of the molecule is Cc1cc(C)c(-c2ccc3c(c2NP(c2ccccc2)c2ccccc2)-c2c(ccc(-c4c(C)cc(C)cc4C)c2NP(c2ccccc2)c2ccccc2)OCCCO3)c(C)c1. The number of fused-ring (bicyclic) bond motifs is 3. The maximum Gasteiger partial charge on any atom is 0.129 e. The number of rotatable bonds is 10. The summed E-state index contributed by atoms with van der Waals surface area (Å²) in [5.74, 6) is 1.65. The fourth-order valence-corrected chi connectivity index (χ4v) is 13.2. The fourth-order valence-electron chi connectivity index (χ4n) is 9.27. The molecule has 8 aromatic carbocycles. The molecule has 314 valence electrons. The van der Waals surface area contributed by atoms with E-state index in [4.69, 9.17) is 9.47 Å². The van der Waals surface area contributed by atoms with Crippen LogP contribution in [0.15, 0.2) is 170 Å². The van der Waals surface area contributed by atoms with Gasteiger partial charge in [0.25, 0.3) is 0 Å². The molecule has 8 aromatic rings. The molecule has 6 heteroatoms. The number of hydrogen-bond donors (Lipinski definition) is 2. The average molecular weight is 861 g/mol. The normalized spacial score (nSPS) is 12.3. The molecular weight excluding hydrogens is 807 g/mol. The zero-order valence-corrected chi connectivity index (χ0v) is 38.8. The molecule has 0 radical (unpaired) electrons. The molecule has 1 heterocycles. The molecule has 0 atom stereocenters. The largest absolute Gasteiger partial charge is 0.493 e. The zero-order chi connectivity index (χ0) is 43.5. The summed E-state index contributed by atoms with van der Waals surface area (Å²) in [5, 5.41) is 13.6. The third-order valence-corrected chi connectivity index (χ3v) is 15.9. The van der Waals surface area contributed by atoms with E-state index in [-0.39, 0.29) is 0 Å². The second-order valence-corrected chi connectivity index (χ2v) is 20.4. The van der Waals surface area contributed by atoms with E-state index in [1.165, 1.54) is 65.7 Å². The van der Waals surface area contributed by atoms with E-state index < -0.39 is 16.1 Å². The molecule has 0 amide bonds. The summed E-state index contributed by atoms with van der Waals surface area (Å²) in [6, 6.07) is 61.7. The van der Waals surface area contributed by atoms with E-state index in [1.807, 2.05) is 0 Å². The lowest BCUT2D eigenvalue weighted by atomic mass is 9.86. The Balaban J connectivity index is 1.42. The molecule has 0 bridgehead atoms. The van der Waals surface area contributed by atoms with Gasteiger partial charge in [0, 0.05) is 38.8 Å². The molecule has 0 saturated carbocycles. The van der Waals surface area contributed by atoms with Gasteiger partial charge in [-0.15, -0.1) is 0 Å². The van der Waals surface area contributed by atoms with Crippen LogP contribution in [0, 0.1) is 41.5 Å². The van der Waals surface area contributed by atoms with Crippen LogP contribution in [0.1, 0.15) is 39.8 Å². The fraction of sp³-hybridized carbons (Fsp3) is 0.158. The molecule has 1 aliphatic rings. The van der Waals surface area contributed by atoms with Gasteiger partial charge < -0.3 is 19.6 Å². The number of anilines is 2. The van der Waals surface area contributed by atoms with Crippen molar-refractivity contribution in [1.82, 2.24) is 0 Å². The lowest BCUT2D eigenvalue weighted by Crippen LogP contribution is -2.19. The predicted octanol–water partition coefficient (Wildman–Crippen LogP) is 13.6. The molecule has 9 rings (SSSR count). The van der Waals surface area contributed by atoms with Gasteiger partial charge in [0.15, 0.2) is 0 Å². The van der Waals surface area contributed by atoms with Crippen molar-refractivity contribution >= 4 is 48.7 Å². The number of hydrogen-bond acceptors (Lipinski definition) is 4. The van der Waals surface area contributed by atoms with Crippen molar-refractivity contribution in [1.29, 1.82) is 0 Å². The summed E-state index contributed by atoms with van der Waals surface area (Å²) in [7, 11) is -2.23. The summed E-state index contributed by atoms with van der Waals surface area (Å²) >= 11 is 0. The minimum atomic E-state index is -1.11. The molecule has 1 aliphatic heterocycles. The van der Waals surface area contributed by atoms with E-state index >= 15 is 0 Å². The maximum atomic E-state index is 6.97. The van der Waals surface area contributed by atoms with Crippen molar-refractivity contribution in [3.63, 3.8) is 0 Å². The Morgan fingerprint density at radius 2 is 0.667 bits per heavy atom. The Hall–Kier alpha value is -6.18. The molecule has 0 fully saturated rings. The van der Waals surface area contributed by atoms with Crippen LogP contribution in [-0.2, 0) is 0 Å². The molecular formula is C57H54N2O2P2.